The van der Waals surface area contributed by atoms with Gasteiger partial charge in [0.15, 0.2) is 5.16 Å². The van der Waals surface area contributed by atoms with E-state index in [9.17, 15) is 4.79 Å². The topological polar surface area (TPSA) is 73.4 Å². The summed E-state index contributed by atoms with van der Waals surface area (Å²) in [4.78, 5) is 19.0. The number of hydrogen-bond donors (Lipinski definition) is 1. The lowest BCUT2D eigenvalue weighted by Crippen LogP contribution is -2.12. The smallest absolute Gasteiger partial charge is 0.251 e. The number of H-pyrrole nitrogens is 1. The van der Waals surface area contributed by atoms with Gasteiger partial charge in [-0.3, -0.25) is 4.79 Å². The predicted octanol–water partition coefficient (Wildman–Crippen LogP) is 3.53. The van der Waals surface area contributed by atoms with Gasteiger partial charge in [-0.15, -0.1) is 0 Å². The average Bonchev–Trinajstić information content (AvgIpc) is 2.70. The number of para-hydroxylation sites is 1. The van der Waals surface area contributed by atoms with Gasteiger partial charge in [0, 0.05) is 11.8 Å². The van der Waals surface area contributed by atoms with Gasteiger partial charge in [-0.1, -0.05) is 30.0 Å². The molecule has 7 heteroatoms. The standard InChI is InChI=1S/C20H20N2O4S/c1-24-16-7-9-18(10-8-16)25-11-12-27-20-21-15(13-19(23)22-20)14-26-17-5-3-2-4-6-17/h2-10,13H,11-12,14H2,1H3,(H,21,22,23). The van der Waals surface area contributed by atoms with Gasteiger partial charge >= 0.3 is 0 Å². The number of thioether (sulfide) groups is 1. The zero-order valence-corrected chi connectivity index (χ0v) is 15.7. The molecule has 0 aliphatic carbocycles. The van der Waals surface area contributed by atoms with Crippen LogP contribution in [0.3, 0.4) is 0 Å². The van der Waals surface area contributed by atoms with E-state index in [4.69, 9.17) is 14.2 Å². The van der Waals surface area contributed by atoms with Crippen molar-refractivity contribution in [1.82, 2.24) is 9.97 Å². The first-order valence-electron chi connectivity index (χ1n) is 8.41. The number of rotatable bonds is 9. The van der Waals surface area contributed by atoms with E-state index in [1.54, 1.807) is 7.11 Å². The van der Waals surface area contributed by atoms with E-state index in [2.05, 4.69) is 9.97 Å². The Labute approximate surface area is 161 Å². The summed E-state index contributed by atoms with van der Waals surface area (Å²) in [6, 6.07) is 18.3. The second-order valence-corrected chi connectivity index (χ2v) is 6.60. The van der Waals surface area contributed by atoms with Crippen molar-refractivity contribution in [3.63, 3.8) is 0 Å². The molecule has 1 N–H and O–H groups in total. The minimum absolute atomic E-state index is 0.199. The lowest BCUT2D eigenvalue weighted by Gasteiger charge is -2.08. The molecule has 0 unspecified atom stereocenters. The van der Waals surface area contributed by atoms with Gasteiger partial charge in [0.2, 0.25) is 0 Å². The van der Waals surface area contributed by atoms with Crippen LogP contribution in [0.2, 0.25) is 0 Å². The fourth-order valence-electron chi connectivity index (χ4n) is 2.27. The van der Waals surface area contributed by atoms with E-state index < -0.39 is 0 Å². The zero-order valence-electron chi connectivity index (χ0n) is 14.9. The molecule has 0 saturated carbocycles. The number of aromatic nitrogens is 2. The second-order valence-electron chi connectivity index (χ2n) is 5.52. The summed E-state index contributed by atoms with van der Waals surface area (Å²) in [5.74, 6) is 2.94. The van der Waals surface area contributed by atoms with Gasteiger partial charge in [0.25, 0.3) is 5.56 Å². The van der Waals surface area contributed by atoms with Crippen LogP contribution < -0.4 is 19.8 Å². The Kier molecular flexibility index (Phi) is 6.76. The Balaban J connectivity index is 1.49. The summed E-state index contributed by atoms with van der Waals surface area (Å²) in [6.45, 7) is 0.731. The van der Waals surface area contributed by atoms with Crippen molar-refractivity contribution in [2.45, 2.75) is 11.8 Å². The number of hydrogen-bond acceptors (Lipinski definition) is 6. The van der Waals surface area contributed by atoms with Gasteiger partial charge in [-0.05, 0) is 36.4 Å². The Hall–Kier alpha value is -2.93. The van der Waals surface area contributed by atoms with Crippen molar-refractivity contribution >= 4 is 11.8 Å². The maximum absolute atomic E-state index is 11.8. The Morgan fingerprint density at radius 3 is 2.41 bits per heavy atom. The molecule has 27 heavy (non-hydrogen) atoms. The minimum atomic E-state index is -0.199. The highest BCUT2D eigenvalue weighted by atomic mass is 32.2. The normalized spacial score (nSPS) is 10.4. The van der Waals surface area contributed by atoms with E-state index in [1.807, 2.05) is 54.6 Å². The van der Waals surface area contributed by atoms with Crippen molar-refractivity contribution in [3.8, 4) is 17.2 Å². The molecule has 0 radical (unpaired) electrons. The zero-order chi connectivity index (χ0) is 18.9. The molecule has 0 aliphatic rings. The molecule has 0 saturated heterocycles. The molecule has 2 aromatic carbocycles. The van der Waals surface area contributed by atoms with Crippen LogP contribution in [-0.2, 0) is 6.61 Å². The summed E-state index contributed by atoms with van der Waals surface area (Å²) in [5.41, 5.74) is 0.386. The third-order valence-corrected chi connectivity index (χ3v) is 4.39. The molecule has 1 aromatic heterocycles. The van der Waals surface area contributed by atoms with E-state index in [0.29, 0.717) is 23.2 Å². The lowest BCUT2D eigenvalue weighted by molar-refractivity contribution is 0.299. The third-order valence-electron chi connectivity index (χ3n) is 3.55. The molecule has 3 rings (SSSR count). The SMILES string of the molecule is COc1ccc(OCCSc2nc(COc3ccccc3)cc(=O)[nH]2)cc1. The number of methoxy groups -OCH3 is 1. The fraction of sp³-hybridized carbons (Fsp3) is 0.200. The highest BCUT2D eigenvalue weighted by Crippen LogP contribution is 2.18. The summed E-state index contributed by atoms with van der Waals surface area (Å²) in [7, 11) is 1.62. The number of nitrogens with zero attached hydrogens (tertiary/aromatic N) is 1. The third kappa shape index (κ3) is 6.07. The molecular formula is C20H20N2O4S. The fourth-order valence-corrected chi connectivity index (χ4v) is 2.98. The van der Waals surface area contributed by atoms with Crippen LogP contribution in [0.1, 0.15) is 5.69 Å². The Bertz CT molecular complexity index is 898. The second kappa shape index (κ2) is 9.68. The number of benzene rings is 2. The minimum Gasteiger partial charge on any atom is -0.497 e. The van der Waals surface area contributed by atoms with Gasteiger partial charge in [0.05, 0.1) is 19.4 Å². The van der Waals surface area contributed by atoms with Crippen molar-refractivity contribution in [3.05, 3.63) is 76.7 Å². The van der Waals surface area contributed by atoms with Crippen LogP contribution in [0.5, 0.6) is 17.2 Å². The van der Waals surface area contributed by atoms with E-state index in [0.717, 1.165) is 17.2 Å². The molecule has 0 atom stereocenters. The van der Waals surface area contributed by atoms with E-state index >= 15 is 0 Å². The molecule has 0 amide bonds. The molecule has 140 valence electrons. The van der Waals surface area contributed by atoms with Gasteiger partial charge in [-0.25, -0.2) is 4.98 Å². The van der Waals surface area contributed by atoms with Gasteiger partial charge in [0.1, 0.15) is 23.9 Å². The van der Waals surface area contributed by atoms with Crippen molar-refractivity contribution in [1.29, 1.82) is 0 Å². The number of nitrogens with one attached hydrogen (secondary N) is 1. The predicted molar refractivity (Wildman–Crippen MR) is 105 cm³/mol. The molecule has 3 aromatic rings. The van der Waals surface area contributed by atoms with Crippen molar-refractivity contribution in [2.75, 3.05) is 19.5 Å². The van der Waals surface area contributed by atoms with Crippen molar-refractivity contribution in [2.24, 2.45) is 0 Å². The Morgan fingerprint density at radius 2 is 1.67 bits per heavy atom. The summed E-state index contributed by atoms with van der Waals surface area (Å²) < 4.78 is 16.4. The van der Waals surface area contributed by atoms with E-state index in [1.165, 1.54) is 17.8 Å². The first kappa shape index (κ1) is 18.8. The molecule has 0 bridgehead atoms. The van der Waals surface area contributed by atoms with Crippen molar-refractivity contribution < 1.29 is 14.2 Å². The van der Waals surface area contributed by atoms with Gasteiger partial charge in [-0.2, -0.15) is 0 Å². The lowest BCUT2D eigenvalue weighted by atomic mass is 10.3. The molecule has 1 heterocycles. The first-order chi connectivity index (χ1) is 13.2. The maximum Gasteiger partial charge on any atom is 0.251 e. The van der Waals surface area contributed by atoms with Crippen LogP contribution in [0, 0.1) is 0 Å². The Morgan fingerprint density at radius 1 is 0.963 bits per heavy atom. The molecule has 0 spiro atoms. The van der Waals surface area contributed by atoms with Crippen LogP contribution >= 0.6 is 11.8 Å². The largest absolute Gasteiger partial charge is 0.497 e. The number of aromatic amines is 1. The maximum atomic E-state index is 11.8. The monoisotopic (exact) mass is 384 g/mol. The van der Waals surface area contributed by atoms with Crippen LogP contribution in [0.4, 0.5) is 0 Å². The van der Waals surface area contributed by atoms with Gasteiger partial charge < -0.3 is 19.2 Å². The number of ether oxygens (including phenoxy) is 3. The molecule has 0 fully saturated rings. The quantitative estimate of drug-likeness (QED) is 0.346. The summed E-state index contributed by atoms with van der Waals surface area (Å²) in [6.07, 6.45) is 0. The van der Waals surface area contributed by atoms with Crippen LogP contribution in [0.15, 0.2) is 70.6 Å². The first-order valence-corrected chi connectivity index (χ1v) is 9.39. The van der Waals surface area contributed by atoms with Crippen LogP contribution in [-0.4, -0.2) is 29.4 Å². The van der Waals surface area contributed by atoms with Crippen LogP contribution in [0.25, 0.3) is 0 Å². The molecule has 0 aliphatic heterocycles. The average molecular weight is 384 g/mol. The summed E-state index contributed by atoms with van der Waals surface area (Å²) in [5, 5.41) is 0.549. The highest BCUT2D eigenvalue weighted by molar-refractivity contribution is 7.99. The van der Waals surface area contributed by atoms with E-state index in [-0.39, 0.29) is 12.2 Å². The molecular weight excluding hydrogens is 364 g/mol. The highest BCUT2D eigenvalue weighted by Gasteiger charge is 2.04. The summed E-state index contributed by atoms with van der Waals surface area (Å²) >= 11 is 1.43. The molecule has 6 nitrogen and oxygen atoms in total.